The van der Waals surface area contributed by atoms with Crippen molar-refractivity contribution in [2.45, 2.75) is 32.2 Å². The van der Waals surface area contributed by atoms with Crippen molar-refractivity contribution in [3.63, 3.8) is 0 Å². The molecule has 24 heavy (non-hydrogen) atoms. The molecule has 2 aromatic rings. The molecule has 0 heterocycles. The van der Waals surface area contributed by atoms with Crippen molar-refractivity contribution in [1.29, 1.82) is 0 Å². The lowest BCUT2D eigenvalue weighted by Gasteiger charge is -2.14. The standard InChI is InChI=1S/C20H24N2O2/c1-16(18-10-6-3-7-11-18)22-20(24)13-12-19(23)21-15-14-17-8-4-2-5-9-17/h2-11,16H,12-15H2,1H3,(H,21,23)(H,22,24)/t16-/m0/s1. The third kappa shape index (κ3) is 6.24. The first kappa shape index (κ1) is 17.7. The Kier molecular flexibility index (Phi) is 7.02. The molecule has 2 amide bonds. The summed E-state index contributed by atoms with van der Waals surface area (Å²) in [6.45, 7) is 2.53. The SMILES string of the molecule is C[C@H](NC(=O)CCC(=O)NCCc1ccccc1)c1ccccc1. The quantitative estimate of drug-likeness (QED) is 0.784. The van der Waals surface area contributed by atoms with Crippen molar-refractivity contribution in [1.82, 2.24) is 10.6 Å². The van der Waals surface area contributed by atoms with E-state index >= 15 is 0 Å². The maximum atomic E-state index is 11.9. The van der Waals surface area contributed by atoms with Crippen LogP contribution in [0.4, 0.5) is 0 Å². The van der Waals surface area contributed by atoms with E-state index in [4.69, 9.17) is 0 Å². The number of rotatable bonds is 8. The van der Waals surface area contributed by atoms with Gasteiger partial charge in [0.1, 0.15) is 0 Å². The number of hydrogen-bond donors (Lipinski definition) is 2. The topological polar surface area (TPSA) is 58.2 Å². The van der Waals surface area contributed by atoms with Gasteiger partial charge in [-0.15, -0.1) is 0 Å². The van der Waals surface area contributed by atoms with Gasteiger partial charge < -0.3 is 10.6 Å². The fourth-order valence-electron chi connectivity index (χ4n) is 2.45. The third-order valence-electron chi connectivity index (χ3n) is 3.83. The fraction of sp³-hybridized carbons (Fsp3) is 0.300. The predicted octanol–water partition coefficient (Wildman–Crippen LogP) is 3.00. The first-order chi connectivity index (χ1) is 11.6. The highest BCUT2D eigenvalue weighted by Gasteiger charge is 2.11. The van der Waals surface area contributed by atoms with Crippen LogP contribution in [0.2, 0.25) is 0 Å². The first-order valence-electron chi connectivity index (χ1n) is 8.30. The second kappa shape index (κ2) is 9.50. The van der Waals surface area contributed by atoms with Crippen LogP contribution in [0.25, 0.3) is 0 Å². The molecule has 126 valence electrons. The molecule has 4 heteroatoms. The molecule has 0 saturated heterocycles. The summed E-state index contributed by atoms with van der Waals surface area (Å²) >= 11 is 0. The molecule has 0 aliphatic carbocycles. The molecule has 0 bridgehead atoms. The summed E-state index contributed by atoms with van der Waals surface area (Å²) in [4.78, 5) is 23.7. The van der Waals surface area contributed by atoms with Gasteiger partial charge in [0.25, 0.3) is 0 Å². The molecule has 0 aliphatic rings. The molecule has 2 N–H and O–H groups in total. The van der Waals surface area contributed by atoms with Gasteiger partial charge in [-0.25, -0.2) is 0 Å². The number of nitrogens with one attached hydrogen (secondary N) is 2. The zero-order valence-electron chi connectivity index (χ0n) is 14.0. The van der Waals surface area contributed by atoms with Gasteiger partial charge in [-0.2, -0.15) is 0 Å². The zero-order chi connectivity index (χ0) is 17.2. The summed E-state index contributed by atoms with van der Waals surface area (Å²) in [6.07, 6.45) is 1.21. The summed E-state index contributed by atoms with van der Waals surface area (Å²) in [5.41, 5.74) is 2.24. The summed E-state index contributed by atoms with van der Waals surface area (Å²) < 4.78 is 0. The van der Waals surface area contributed by atoms with Gasteiger partial charge in [-0.05, 0) is 24.5 Å². The van der Waals surface area contributed by atoms with E-state index in [1.807, 2.05) is 67.6 Å². The van der Waals surface area contributed by atoms with Crippen LogP contribution in [0.5, 0.6) is 0 Å². The summed E-state index contributed by atoms with van der Waals surface area (Å²) in [7, 11) is 0. The van der Waals surface area contributed by atoms with Crippen molar-refractivity contribution in [2.75, 3.05) is 6.54 Å². The Morgan fingerprint density at radius 3 is 2.12 bits per heavy atom. The van der Waals surface area contributed by atoms with Crippen molar-refractivity contribution in [3.8, 4) is 0 Å². The highest BCUT2D eigenvalue weighted by atomic mass is 16.2. The highest BCUT2D eigenvalue weighted by Crippen LogP contribution is 2.11. The van der Waals surface area contributed by atoms with Gasteiger partial charge in [-0.3, -0.25) is 9.59 Å². The molecule has 0 aliphatic heterocycles. The Bertz CT molecular complexity index is 641. The highest BCUT2D eigenvalue weighted by molar-refractivity contribution is 5.83. The Balaban J connectivity index is 1.63. The van der Waals surface area contributed by atoms with Crippen LogP contribution in [0.3, 0.4) is 0 Å². The minimum Gasteiger partial charge on any atom is -0.356 e. The van der Waals surface area contributed by atoms with Gasteiger partial charge in [0.05, 0.1) is 6.04 Å². The molecule has 4 nitrogen and oxygen atoms in total. The zero-order valence-corrected chi connectivity index (χ0v) is 14.0. The van der Waals surface area contributed by atoms with E-state index in [0.29, 0.717) is 6.54 Å². The maximum Gasteiger partial charge on any atom is 0.220 e. The lowest BCUT2D eigenvalue weighted by Crippen LogP contribution is -2.30. The normalized spacial score (nSPS) is 11.5. The second-order valence-corrected chi connectivity index (χ2v) is 5.79. The minimum atomic E-state index is -0.107. The predicted molar refractivity (Wildman–Crippen MR) is 95.4 cm³/mol. The molecule has 2 aromatic carbocycles. The van der Waals surface area contributed by atoms with E-state index < -0.39 is 0 Å². The van der Waals surface area contributed by atoms with E-state index in [0.717, 1.165) is 12.0 Å². The van der Waals surface area contributed by atoms with E-state index in [-0.39, 0.29) is 30.7 Å². The smallest absolute Gasteiger partial charge is 0.220 e. The molecule has 0 aromatic heterocycles. The number of hydrogen-bond acceptors (Lipinski definition) is 2. The number of benzene rings is 2. The number of carbonyl (C=O) groups excluding carboxylic acids is 2. The van der Waals surface area contributed by atoms with Crippen LogP contribution in [-0.4, -0.2) is 18.4 Å². The molecule has 0 saturated carbocycles. The lowest BCUT2D eigenvalue weighted by molar-refractivity contribution is -0.126. The fourth-order valence-corrected chi connectivity index (χ4v) is 2.45. The van der Waals surface area contributed by atoms with Crippen LogP contribution in [0.15, 0.2) is 60.7 Å². The van der Waals surface area contributed by atoms with E-state index in [1.54, 1.807) is 0 Å². The van der Waals surface area contributed by atoms with Crippen LogP contribution in [-0.2, 0) is 16.0 Å². The number of amides is 2. The van der Waals surface area contributed by atoms with E-state index in [2.05, 4.69) is 10.6 Å². The Hall–Kier alpha value is -2.62. The van der Waals surface area contributed by atoms with Gasteiger partial charge >= 0.3 is 0 Å². The Labute approximate surface area is 143 Å². The molecular weight excluding hydrogens is 300 g/mol. The van der Waals surface area contributed by atoms with Crippen molar-refractivity contribution in [2.24, 2.45) is 0 Å². The molecule has 0 fully saturated rings. The van der Waals surface area contributed by atoms with E-state index in [9.17, 15) is 9.59 Å². The van der Waals surface area contributed by atoms with Gasteiger partial charge in [0, 0.05) is 19.4 Å². The Morgan fingerprint density at radius 1 is 0.875 bits per heavy atom. The molecule has 0 radical (unpaired) electrons. The number of carbonyl (C=O) groups is 2. The van der Waals surface area contributed by atoms with Crippen LogP contribution in [0.1, 0.15) is 36.9 Å². The summed E-state index contributed by atoms with van der Waals surface area (Å²) in [6, 6.07) is 19.7. The largest absolute Gasteiger partial charge is 0.356 e. The van der Waals surface area contributed by atoms with Crippen molar-refractivity contribution in [3.05, 3.63) is 71.8 Å². The first-order valence-corrected chi connectivity index (χ1v) is 8.30. The molecule has 1 atom stereocenters. The van der Waals surface area contributed by atoms with E-state index in [1.165, 1.54) is 5.56 Å². The van der Waals surface area contributed by atoms with Crippen LogP contribution >= 0.6 is 0 Å². The Morgan fingerprint density at radius 2 is 1.46 bits per heavy atom. The maximum absolute atomic E-state index is 11.9. The van der Waals surface area contributed by atoms with Crippen molar-refractivity contribution >= 4 is 11.8 Å². The molecular formula is C20H24N2O2. The monoisotopic (exact) mass is 324 g/mol. The average molecular weight is 324 g/mol. The van der Waals surface area contributed by atoms with Gasteiger partial charge in [-0.1, -0.05) is 60.7 Å². The molecule has 0 spiro atoms. The minimum absolute atomic E-state index is 0.0557. The van der Waals surface area contributed by atoms with Gasteiger partial charge in [0.15, 0.2) is 0 Å². The third-order valence-corrected chi connectivity index (χ3v) is 3.83. The lowest BCUT2D eigenvalue weighted by atomic mass is 10.1. The average Bonchev–Trinajstić information content (AvgIpc) is 2.61. The van der Waals surface area contributed by atoms with Crippen LogP contribution < -0.4 is 10.6 Å². The van der Waals surface area contributed by atoms with Gasteiger partial charge in [0.2, 0.25) is 11.8 Å². The van der Waals surface area contributed by atoms with Crippen LogP contribution in [0, 0.1) is 0 Å². The summed E-state index contributed by atoms with van der Waals surface area (Å²) in [5.74, 6) is -0.196. The van der Waals surface area contributed by atoms with Crippen molar-refractivity contribution < 1.29 is 9.59 Å². The second-order valence-electron chi connectivity index (χ2n) is 5.79. The summed E-state index contributed by atoms with van der Waals surface area (Å²) in [5, 5.41) is 5.77. The molecule has 2 rings (SSSR count). The molecule has 0 unspecified atom stereocenters.